The van der Waals surface area contributed by atoms with E-state index in [0.717, 1.165) is 12.8 Å². The third-order valence-electron chi connectivity index (χ3n) is 3.99. The predicted octanol–water partition coefficient (Wildman–Crippen LogP) is 9.50. The lowest BCUT2D eigenvalue weighted by Gasteiger charge is -2.27. The van der Waals surface area contributed by atoms with Crippen LogP contribution in [0.5, 0.6) is 0 Å². The molecule has 7 heteroatoms. The van der Waals surface area contributed by atoms with E-state index in [-0.39, 0.29) is 25.1 Å². The lowest BCUT2D eigenvalue weighted by Crippen LogP contribution is -2.13. The third kappa shape index (κ3) is 6.51. The van der Waals surface area contributed by atoms with Gasteiger partial charge in [-0.3, -0.25) is 0 Å². The molecule has 0 nitrogen and oxygen atoms in total. The van der Waals surface area contributed by atoms with Crippen LogP contribution in [0.25, 0.3) is 0 Å². The van der Waals surface area contributed by atoms with Crippen molar-refractivity contribution in [2.45, 2.75) is 68.8 Å². The molecule has 0 saturated carbocycles. The number of thiol groups is 2. The summed E-state index contributed by atoms with van der Waals surface area (Å²) >= 11 is 40.2. The van der Waals surface area contributed by atoms with Crippen LogP contribution in [0.1, 0.15) is 70.3 Å². The van der Waals surface area contributed by atoms with Gasteiger partial charge in [-0.15, -0.1) is 0 Å². The molecule has 1 aromatic carbocycles. The van der Waals surface area contributed by atoms with Crippen molar-refractivity contribution >= 4 is 83.3 Å². The van der Waals surface area contributed by atoms with E-state index in [9.17, 15) is 0 Å². The van der Waals surface area contributed by atoms with Crippen molar-refractivity contribution in [1.29, 1.82) is 0 Å². The molecule has 24 heavy (non-hydrogen) atoms. The van der Waals surface area contributed by atoms with E-state index in [2.05, 4.69) is 32.2 Å². The van der Waals surface area contributed by atoms with Gasteiger partial charge in [-0.25, -0.2) is 0 Å². The smallest absolute Gasteiger partial charge is 0.0832 e. The summed E-state index contributed by atoms with van der Waals surface area (Å²) in [5.74, 6) is 0. The van der Waals surface area contributed by atoms with E-state index < -0.39 is 4.08 Å². The highest BCUT2D eigenvalue weighted by Crippen LogP contribution is 2.52. The molecule has 0 bridgehead atoms. The lowest BCUT2D eigenvalue weighted by molar-refractivity contribution is 0.558. The molecular weight excluding hydrogens is 446 g/mol. The largest absolute Gasteiger partial charge is 0.157 e. The van der Waals surface area contributed by atoms with Crippen molar-refractivity contribution in [2.75, 3.05) is 0 Å². The molecule has 0 unspecified atom stereocenters. The van der Waals surface area contributed by atoms with Crippen LogP contribution in [0.15, 0.2) is 0 Å². The standard InChI is InChI=1S/C17H23Cl5S2/c1-2-3-4-5-6-7-8-9-10-17(23,24)11-12(18)14(20)16(22)15(21)13(11)19/h23-24H,2-10H2,1H3. The zero-order valence-electron chi connectivity index (χ0n) is 13.6. The van der Waals surface area contributed by atoms with E-state index in [1.165, 1.54) is 38.5 Å². The first kappa shape index (κ1) is 23.4. The summed E-state index contributed by atoms with van der Waals surface area (Å²) in [7, 11) is 0. The van der Waals surface area contributed by atoms with Gasteiger partial charge in [0.1, 0.15) is 0 Å². The highest BCUT2D eigenvalue weighted by atomic mass is 35.5. The zero-order chi connectivity index (χ0) is 18.3. The minimum atomic E-state index is -0.811. The number of hydrogen-bond acceptors (Lipinski definition) is 2. The molecule has 0 amide bonds. The van der Waals surface area contributed by atoms with Crippen molar-refractivity contribution in [3.63, 3.8) is 0 Å². The Hall–Kier alpha value is 1.37. The summed E-state index contributed by atoms with van der Waals surface area (Å²) in [4.78, 5) is 0. The maximum absolute atomic E-state index is 6.31. The first-order valence-electron chi connectivity index (χ1n) is 8.20. The SMILES string of the molecule is CCCCCCCCCCC(S)(S)c1c(Cl)c(Cl)c(Cl)c(Cl)c1Cl. The Morgan fingerprint density at radius 3 is 1.46 bits per heavy atom. The predicted molar refractivity (Wildman–Crippen MR) is 118 cm³/mol. The van der Waals surface area contributed by atoms with Crippen LogP contribution >= 0.6 is 83.3 Å². The van der Waals surface area contributed by atoms with E-state index in [0.29, 0.717) is 12.0 Å². The number of halogens is 5. The molecule has 0 heterocycles. The minimum absolute atomic E-state index is 0.154. The zero-order valence-corrected chi connectivity index (χ0v) is 19.2. The van der Waals surface area contributed by atoms with E-state index in [1.54, 1.807) is 0 Å². The highest BCUT2D eigenvalue weighted by molar-refractivity contribution is 7.99. The fraction of sp³-hybridized carbons (Fsp3) is 0.647. The maximum atomic E-state index is 6.31. The molecule has 1 aromatic rings. The van der Waals surface area contributed by atoms with E-state index >= 15 is 0 Å². The Balaban J connectivity index is 2.63. The summed E-state index contributed by atoms with van der Waals surface area (Å²) in [6.45, 7) is 2.23. The second kappa shape index (κ2) is 11.3. The first-order chi connectivity index (χ1) is 11.2. The molecule has 0 aliphatic carbocycles. The normalized spacial score (nSPS) is 12.0. The van der Waals surface area contributed by atoms with Crippen molar-refractivity contribution in [2.24, 2.45) is 0 Å². The van der Waals surface area contributed by atoms with Gasteiger partial charge >= 0.3 is 0 Å². The van der Waals surface area contributed by atoms with Gasteiger partial charge in [0.15, 0.2) is 0 Å². The summed E-state index contributed by atoms with van der Waals surface area (Å²) in [6, 6.07) is 0. The Morgan fingerprint density at radius 2 is 1.00 bits per heavy atom. The number of rotatable bonds is 10. The Kier molecular flexibility index (Phi) is 11.0. The van der Waals surface area contributed by atoms with Crippen LogP contribution in [0.3, 0.4) is 0 Å². The fourth-order valence-corrected chi connectivity index (χ4v) is 5.07. The lowest BCUT2D eigenvalue weighted by atomic mass is 10.0. The molecular formula is C17H23Cl5S2. The quantitative estimate of drug-likeness (QED) is 0.110. The second-order valence-corrected chi connectivity index (χ2v) is 9.76. The van der Waals surface area contributed by atoms with Crippen molar-refractivity contribution in [3.8, 4) is 0 Å². The maximum Gasteiger partial charge on any atom is 0.0832 e. The summed E-state index contributed by atoms with van der Waals surface area (Å²) in [6.07, 6.45) is 10.5. The van der Waals surface area contributed by atoms with Gasteiger partial charge in [-0.1, -0.05) is 116 Å². The van der Waals surface area contributed by atoms with Crippen molar-refractivity contribution < 1.29 is 0 Å². The van der Waals surface area contributed by atoms with Crippen LogP contribution in [0.4, 0.5) is 0 Å². The van der Waals surface area contributed by atoms with E-state index in [4.69, 9.17) is 58.0 Å². The van der Waals surface area contributed by atoms with Gasteiger partial charge in [0.2, 0.25) is 0 Å². The molecule has 1 rings (SSSR count). The summed E-state index contributed by atoms with van der Waals surface area (Å²) < 4.78 is -0.811. The van der Waals surface area contributed by atoms with E-state index in [1.807, 2.05) is 0 Å². The van der Waals surface area contributed by atoms with Gasteiger partial charge < -0.3 is 0 Å². The summed E-state index contributed by atoms with van der Waals surface area (Å²) in [5, 5.41) is 1.06. The van der Waals surface area contributed by atoms with Crippen LogP contribution in [-0.4, -0.2) is 0 Å². The highest BCUT2D eigenvalue weighted by Gasteiger charge is 2.32. The monoisotopic (exact) mass is 466 g/mol. The number of benzene rings is 1. The molecule has 0 saturated heterocycles. The van der Waals surface area contributed by atoms with Crippen LogP contribution in [0, 0.1) is 0 Å². The Bertz CT molecular complexity index is 517. The van der Waals surface area contributed by atoms with Crippen molar-refractivity contribution in [1.82, 2.24) is 0 Å². The molecule has 0 radical (unpaired) electrons. The summed E-state index contributed by atoms with van der Waals surface area (Å²) in [5.41, 5.74) is 0.528. The Labute approximate surface area is 181 Å². The minimum Gasteiger partial charge on any atom is -0.157 e. The average Bonchev–Trinajstić information content (AvgIpc) is 2.53. The molecule has 138 valence electrons. The van der Waals surface area contributed by atoms with Crippen LogP contribution in [-0.2, 0) is 4.08 Å². The topological polar surface area (TPSA) is 0 Å². The molecule has 0 fully saturated rings. The molecule has 0 atom stereocenters. The molecule has 0 aliphatic rings. The van der Waals surface area contributed by atoms with Gasteiger partial charge in [0.05, 0.1) is 29.2 Å². The molecule has 0 N–H and O–H groups in total. The number of hydrogen-bond donors (Lipinski definition) is 2. The van der Waals surface area contributed by atoms with Gasteiger partial charge in [0, 0.05) is 5.56 Å². The molecule has 0 aromatic heterocycles. The molecule has 0 aliphatic heterocycles. The third-order valence-corrected chi connectivity index (χ3v) is 7.16. The first-order valence-corrected chi connectivity index (χ1v) is 11.0. The Morgan fingerprint density at radius 1 is 0.625 bits per heavy atom. The molecule has 0 spiro atoms. The van der Waals surface area contributed by atoms with Gasteiger partial charge in [0.25, 0.3) is 0 Å². The van der Waals surface area contributed by atoms with Gasteiger partial charge in [-0.2, -0.15) is 25.3 Å². The number of unbranched alkanes of at least 4 members (excludes halogenated alkanes) is 7. The van der Waals surface area contributed by atoms with Crippen LogP contribution < -0.4 is 0 Å². The fourth-order valence-electron chi connectivity index (χ4n) is 2.59. The van der Waals surface area contributed by atoms with Crippen molar-refractivity contribution in [3.05, 3.63) is 30.7 Å². The van der Waals surface area contributed by atoms with Gasteiger partial charge in [-0.05, 0) is 6.42 Å². The average molecular weight is 469 g/mol. The van der Waals surface area contributed by atoms with Crippen LogP contribution in [0.2, 0.25) is 25.1 Å². The second-order valence-electron chi connectivity index (χ2n) is 5.99.